The largest absolute Gasteiger partial charge is 0.361 e. The van der Waals surface area contributed by atoms with Gasteiger partial charge >= 0.3 is 11.8 Å². The van der Waals surface area contributed by atoms with Gasteiger partial charge in [-0.3, -0.25) is 9.59 Å². The third kappa shape index (κ3) is 2.26. The van der Waals surface area contributed by atoms with E-state index in [-0.39, 0.29) is 0 Å². The van der Waals surface area contributed by atoms with Gasteiger partial charge in [0.25, 0.3) is 0 Å². The van der Waals surface area contributed by atoms with Crippen molar-refractivity contribution in [2.45, 2.75) is 26.7 Å². The second-order valence-corrected chi connectivity index (χ2v) is 3.61. The lowest BCUT2D eigenvalue weighted by molar-refractivity contribution is -0.180. The predicted octanol–water partition coefficient (Wildman–Crippen LogP) is 0.267. The number of thiocarbonyl (C=S) groups is 1. The number of unbranched alkanes of at least 4 members (excludes halogenated alkanes) is 1. The summed E-state index contributed by atoms with van der Waals surface area (Å²) in [6, 6.07) is 0. The van der Waals surface area contributed by atoms with E-state index in [1.807, 2.05) is 0 Å². The van der Waals surface area contributed by atoms with E-state index in [0.717, 1.165) is 19.4 Å². The molecule has 0 aromatic heterocycles. The molecular formula is C9H15N3O2S. The molecule has 0 aromatic carbocycles. The molecule has 84 valence electrons. The van der Waals surface area contributed by atoms with Crippen LogP contribution in [0.4, 0.5) is 0 Å². The summed E-state index contributed by atoms with van der Waals surface area (Å²) < 4.78 is 0. The summed E-state index contributed by atoms with van der Waals surface area (Å²) in [4.78, 5) is 22.3. The molecule has 0 aromatic rings. The number of nitrogens with zero attached hydrogens (tertiary/aromatic N) is 2. The van der Waals surface area contributed by atoms with Crippen LogP contribution in [0.2, 0.25) is 0 Å². The quantitative estimate of drug-likeness (QED) is 0.427. The number of hydrogen-bond donors (Lipinski definition) is 1. The van der Waals surface area contributed by atoms with E-state index in [1.165, 1.54) is 10.0 Å². The molecule has 1 rings (SSSR count). The van der Waals surface area contributed by atoms with Crippen LogP contribution in [0.3, 0.4) is 0 Å². The molecule has 0 saturated carbocycles. The predicted molar refractivity (Wildman–Crippen MR) is 59.7 cm³/mol. The third-order valence-corrected chi connectivity index (χ3v) is 2.47. The monoisotopic (exact) mass is 229 g/mol. The highest BCUT2D eigenvalue weighted by atomic mass is 32.1. The van der Waals surface area contributed by atoms with E-state index in [9.17, 15) is 9.59 Å². The summed E-state index contributed by atoms with van der Waals surface area (Å²) in [6.07, 6.45) is 2.04. The van der Waals surface area contributed by atoms with Crippen LogP contribution in [0.5, 0.6) is 0 Å². The van der Waals surface area contributed by atoms with Crippen molar-refractivity contribution in [1.82, 2.24) is 15.3 Å². The van der Waals surface area contributed by atoms with Crippen molar-refractivity contribution in [3.05, 3.63) is 0 Å². The van der Waals surface area contributed by atoms with Gasteiger partial charge in [-0.25, -0.2) is 5.01 Å². The fourth-order valence-electron chi connectivity index (χ4n) is 1.29. The number of nitrogens with one attached hydrogen (secondary N) is 1. The lowest BCUT2D eigenvalue weighted by Gasteiger charge is -2.41. The Hall–Kier alpha value is -1.17. The molecule has 0 unspecified atom stereocenters. The number of rotatable bonds is 4. The Morgan fingerprint density at radius 3 is 2.53 bits per heavy atom. The molecule has 1 aliphatic rings. The second kappa shape index (κ2) is 5.06. The summed E-state index contributed by atoms with van der Waals surface area (Å²) in [6.45, 7) is 5.05. The minimum Gasteiger partial charge on any atom is -0.361 e. The van der Waals surface area contributed by atoms with Crippen LogP contribution in [-0.2, 0) is 9.59 Å². The van der Waals surface area contributed by atoms with E-state index in [0.29, 0.717) is 11.7 Å². The lowest BCUT2D eigenvalue weighted by atomic mass is 10.3. The van der Waals surface area contributed by atoms with Gasteiger partial charge in [0.2, 0.25) is 0 Å². The maximum atomic E-state index is 11.2. The minimum absolute atomic E-state index is 0.315. The molecule has 0 bridgehead atoms. The number of likely N-dealkylation sites (N-methyl/N-ethyl adjacent to an activating group) is 1. The van der Waals surface area contributed by atoms with E-state index < -0.39 is 11.8 Å². The van der Waals surface area contributed by atoms with E-state index >= 15 is 0 Å². The standard InChI is InChI=1S/C9H15N3O2S/c1-3-5-6-10-9(15)12-8(14)7(13)11(12)4-2/h3-6H2,1-2H3,(H,10,15). The van der Waals surface area contributed by atoms with Crippen molar-refractivity contribution in [1.29, 1.82) is 0 Å². The highest BCUT2D eigenvalue weighted by molar-refractivity contribution is 7.80. The Morgan fingerprint density at radius 1 is 1.33 bits per heavy atom. The Kier molecular flexibility index (Phi) is 4.02. The molecule has 0 aliphatic carbocycles. The van der Waals surface area contributed by atoms with Crippen LogP contribution in [-0.4, -0.2) is 40.0 Å². The van der Waals surface area contributed by atoms with Gasteiger partial charge in [0.15, 0.2) is 5.11 Å². The highest BCUT2D eigenvalue weighted by Crippen LogP contribution is 2.13. The Bertz CT molecular complexity index is 293. The molecule has 0 atom stereocenters. The minimum atomic E-state index is -0.550. The van der Waals surface area contributed by atoms with Gasteiger partial charge in [-0.1, -0.05) is 13.3 Å². The number of hydrazine groups is 1. The summed E-state index contributed by atoms with van der Waals surface area (Å²) in [5, 5.41) is 5.80. The van der Waals surface area contributed by atoms with Gasteiger partial charge in [0, 0.05) is 13.1 Å². The van der Waals surface area contributed by atoms with Gasteiger partial charge in [-0.05, 0) is 25.6 Å². The number of amides is 2. The van der Waals surface area contributed by atoms with Crippen LogP contribution in [0.25, 0.3) is 0 Å². The number of hydrogen-bond acceptors (Lipinski definition) is 3. The molecule has 1 N–H and O–H groups in total. The third-order valence-electron chi connectivity index (χ3n) is 2.15. The Labute approximate surface area is 94.4 Å². The van der Waals surface area contributed by atoms with Crippen LogP contribution in [0, 0.1) is 0 Å². The normalized spacial score (nSPS) is 15.3. The summed E-state index contributed by atoms with van der Waals surface area (Å²) in [5.74, 6) is -1.04. The van der Waals surface area contributed by atoms with Crippen LogP contribution in [0.1, 0.15) is 26.7 Å². The summed E-state index contributed by atoms with van der Waals surface area (Å²) >= 11 is 5.01. The topological polar surface area (TPSA) is 52.7 Å². The van der Waals surface area contributed by atoms with Gasteiger partial charge < -0.3 is 5.32 Å². The summed E-state index contributed by atoms with van der Waals surface area (Å²) in [7, 11) is 0. The first-order valence-electron chi connectivity index (χ1n) is 5.07. The zero-order chi connectivity index (χ0) is 11.4. The molecule has 1 saturated heterocycles. The Balaban J connectivity index is 2.46. The molecule has 0 spiro atoms. The average molecular weight is 229 g/mol. The molecular weight excluding hydrogens is 214 g/mol. The molecule has 1 fully saturated rings. The first-order chi connectivity index (χ1) is 7.13. The van der Waals surface area contributed by atoms with Gasteiger partial charge in [-0.2, -0.15) is 5.01 Å². The molecule has 15 heavy (non-hydrogen) atoms. The van der Waals surface area contributed by atoms with Crippen molar-refractivity contribution in [2.24, 2.45) is 0 Å². The van der Waals surface area contributed by atoms with E-state index in [1.54, 1.807) is 6.92 Å². The zero-order valence-corrected chi connectivity index (χ0v) is 9.76. The fourth-order valence-corrected chi connectivity index (χ4v) is 1.57. The van der Waals surface area contributed by atoms with Crippen LogP contribution >= 0.6 is 12.2 Å². The SMILES string of the molecule is CCCCNC(=S)N1C(=O)C(=O)N1CC. The smallest absolute Gasteiger partial charge is 0.339 e. The van der Waals surface area contributed by atoms with Crippen LogP contribution in [0.15, 0.2) is 0 Å². The maximum absolute atomic E-state index is 11.2. The lowest BCUT2D eigenvalue weighted by Crippen LogP contribution is -2.69. The molecule has 5 nitrogen and oxygen atoms in total. The van der Waals surface area contributed by atoms with Gasteiger partial charge in [0.1, 0.15) is 0 Å². The highest BCUT2D eigenvalue weighted by Gasteiger charge is 2.45. The number of carbonyl (C=O) groups is 2. The molecule has 1 aliphatic heterocycles. The Morgan fingerprint density at radius 2 is 2.00 bits per heavy atom. The molecule has 1 heterocycles. The zero-order valence-electron chi connectivity index (χ0n) is 8.95. The van der Waals surface area contributed by atoms with Crippen molar-refractivity contribution in [3.63, 3.8) is 0 Å². The van der Waals surface area contributed by atoms with Gasteiger partial charge in [0.05, 0.1) is 0 Å². The van der Waals surface area contributed by atoms with Crippen molar-refractivity contribution in [2.75, 3.05) is 13.1 Å². The fraction of sp³-hybridized carbons (Fsp3) is 0.667. The van der Waals surface area contributed by atoms with Crippen LogP contribution < -0.4 is 5.32 Å². The van der Waals surface area contributed by atoms with E-state index in [2.05, 4.69) is 12.2 Å². The van der Waals surface area contributed by atoms with Gasteiger partial charge in [-0.15, -0.1) is 0 Å². The van der Waals surface area contributed by atoms with E-state index in [4.69, 9.17) is 12.2 Å². The summed E-state index contributed by atoms with van der Waals surface area (Å²) in [5.41, 5.74) is 0. The van der Waals surface area contributed by atoms with Crippen molar-refractivity contribution < 1.29 is 9.59 Å². The second-order valence-electron chi connectivity index (χ2n) is 3.22. The average Bonchev–Trinajstić information content (AvgIpc) is 2.24. The molecule has 2 amide bonds. The van der Waals surface area contributed by atoms with Crippen molar-refractivity contribution in [3.8, 4) is 0 Å². The van der Waals surface area contributed by atoms with Crippen molar-refractivity contribution >= 4 is 29.1 Å². The molecule has 6 heteroatoms. The first kappa shape index (κ1) is 11.9. The molecule has 0 radical (unpaired) electrons. The number of carbonyl (C=O) groups excluding carboxylic acids is 2. The first-order valence-corrected chi connectivity index (χ1v) is 5.48. The maximum Gasteiger partial charge on any atom is 0.339 e.